The fourth-order valence-corrected chi connectivity index (χ4v) is 3.09. The van der Waals surface area contributed by atoms with Crippen molar-refractivity contribution in [3.8, 4) is 0 Å². The monoisotopic (exact) mass is 394 g/mol. The van der Waals surface area contributed by atoms with E-state index in [1.807, 2.05) is 6.07 Å². The van der Waals surface area contributed by atoms with Crippen molar-refractivity contribution in [3.05, 3.63) is 65.7 Å². The van der Waals surface area contributed by atoms with E-state index in [0.29, 0.717) is 16.8 Å². The molecule has 8 heteroatoms. The molecule has 1 saturated heterocycles. The molecule has 1 fully saturated rings. The van der Waals surface area contributed by atoms with Crippen molar-refractivity contribution in [3.63, 3.8) is 0 Å². The minimum atomic E-state index is -1.20. The molecule has 5 amide bonds. The maximum Gasteiger partial charge on any atom is 0.322 e. The Labute approximate surface area is 168 Å². The van der Waals surface area contributed by atoms with Gasteiger partial charge in [-0.15, -0.1) is 0 Å². The van der Waals surface area contributed by atoms with Crippen LogP contribution in [0, 0.1) is 0 Å². The van der Waals surface area contributed by atoms with Gasteiger partial charge in [-0.3, -0.25) is 19.7 Å². The van der Waals surface area contributed by atoms with Crippen molar-refractivity contribution in [1.29, 1.82) is 0 Å². The van der Waals surface area contributed by atoms with Crippen LogP contribution < -0.4 is 21.3 Å². The lowest BCUT2D eigenvalue weighted by Gasteiger charge is -2.22. The number of amides is 5. The Hall–Kier alpha value is -3.68. The molecule has 1 aliphatic heterocycles. The molecule has 1 aliphatic rings. The summed E-state index contributed by atoms with van der Waals surface area (Å²) in [4.78, 5) is 48.1. The zero-order valence-corrected chi connectivity index (χ0v) is 16.1. The van der Waals surface area contributed by atoms with Gasteiger partial charge in [0.05, 0.1) is 0 Å². The van der Waals surface area contributed by atoms with E-state index < -0.39 is 17.5 Å². The quantitative estimate of drug-likeness (QED) is 0.560. The zero-order chi connectivity index (χ0) is 21.0. The Morgan fingerprint density at radius 1 is 1.07 bits per heavy atom. The number of carbonyl (C=O) groups is 4. The first kappa shape index (κ1) is 20.1. The van der Waals surface area contributed by atoms with Crippen molar-refractivity contribution < 1.29 is 19.2 Å². The number of carbonyl (C=O) groups excluding carboxylic acids is 4. The highest BCUT2D eigenvalue weighted by Crippen LogP contribution is 2.26. The van der Waals surface area contributed by atoms with E-state index in [1.54, 1.807) is 62.4 Å². The summed E-state index contributed by atoms with van der Waals surface area (Å²) in [6.07, 6.45) is 0.0806. The van der Waals surface area contributed by atoms with Crippen LogP contribution in [0.2, 0.25) is 0 Å². The molecule has 8 nitrogen and oxygen atoms in total. The average Bonchev–Trinajstić information content (AvgIpc) is 2.95. The third-order valence-electron chi connectivity index (χ3n) is 4.67. The lowest BCUT2D eigenvalue weighted by molar-refractivity contribution is -0.123. The lowest BCUT2D eigenvalue weighted by atomic mass is 9.92. The van der Waals surface area contributed by atoms with Gasteiger partial charge < -0.3 is 16.0 Å². The molecule has 2 atom stereocenters. The molecule has 1 heterocycles. The zero-order valence-electron chi connectivity index (χ0n) is 16.1. The van der Waals surface area contributed by atoms with Gasteiger partial charge in [-0.2, -0.15) is 0 Å². The van der Waals surface area contributed by atoms with Crippen molar-refractivity contribution in [1.82, 2.24) is 16.0 Å². The molecule has 0 saturated carbocycles. The molecule has 0 aliphatic carbocycles. The van der Waals surface area contributed by atoms with Crippen molar-refractivity contribution in [2.45, 2.75) is 31.8 Å². The summed E-state index contributed by atoms with van der Waals surface area (Å²) < 4.78 is 0. The van der Waals surface area contributed by atoms with Gasteiger partial charge in [-0.05, 0) is 43.7 Å². The van der Waals surface area contributed by atoms with Gasteiger partial charge in [-0.25, -0.2) is 4.79 Å². The first-order valence-corrected chi connectivity index (χ1v) is 9.18. The summed E-state index contributed by atoms with van der Waals surface area (Å²) in [6, 6.07) is 14.5. The van der Waals surface area contributed by atoms with E-state index in [0.717, 1.165) is 0 Å². The highest BCUT2D eigenvalue weighted by atomic mass is 16.2. The minimum absolute atomic E-state index is 0.0806. The Balaban J connectivity index is 1.60. The van der Waals surface area contributed by atoms with Crippen LogP contribution in [0.3, 0.4) is 0 Å². The number of anilines is 1. The molecule has 29 heavy (non-hydrogen) atoms. The number of rotatable bonds is 6. The first-order chi connectivity index (χ1) is 13.8. The second-order valence-corrected chi connectivity index (χ2v) is 7.11. The molecule has 0 unspecified atom stereocenters. The second kappa shape index (κ2) is 8.14. The number of hydrogen-bond acceptors (Lipinski definition) is 4. The standard InChI is InChI=1S/C21H22N4O4/c1-13(22-18(27)14-7-4-3-5-8-14)11-17(26)23-16-10-6-9-15(12-16)21(2)19(28)24-20(29)25-21/h3-10,12-13H,11H2,1-2H3,(H,22,27)(H,23,26)(H2,24,25,28,29)/t13-,21+/m0/s1. The molecule has 150 valence electrons. The average molecular weight is 394 g/mol. The van der Waals surface area contributed by atoms with E-state index in [2.05, 4.69) is 21.3 Å². The molecule has 4 N–H and O–H groups in total. The Morgan fingerprint density at radius 3 is 2.45 bits per heavy atom. The van der Waals surface area contributed by atoms with E-state index in [-0.39, 0.29) is 24.3 Å². The summed E-state index contributed by atoms with van der Waals surface area (Å²) in [5, 5.41) is 10.3. The van der Waals surface area contributed by atoms with Gasteiger partial charge in [0.15, 0.2) is 0 Å². The van der Waals surface area contributed by atoms with Crippen LogP contribution >= 0.6 is 0 Å². The second-order valence-electron chi connectivity index (χ2n) is 7.11. The highest BCUT2D eigenvalue weighted by Gasteiger charge is 2.43. The Morgan fingerprint density at radius 2 is 1.79 bits per heavy atom. The van der Waals surface area contributed by atoms with Crippen molar-refractivity contribution in [2.75, 3.05) is 5.32 Å². The molecule has 2 aromatic carbocycles. The maximum absolute atomic E-state index is 12.4. The molecule has 0 spiro atoms. The van der Waals surface area contributed by atoms with Gasteiger partial charge in [0.2, 0.25) is 5.91 Å². The maximum atomic E-state index is 12.4. The summed E-state index contributed by atoms with van der Waals surface area (Å²) in [7, 11) is 0. The Kier molecular flexibility index (Phi) is 5.63. The first-order valence-electron chi connectivity index (χ1n) is 9.18. The number of hydrogen-bond donors (Lipinski definition) is 4. The molecular formula is C21H22N4O4. The molecule has 0 radical (unpaired) electrons. The van der Waals surface area contributed by atoms with Gasteiger partial charge >= 0.3 is 6.03 Å². The normalized spacial score (nSPS) is 19.1. The topological polar surface area (TPSA) is 116 Å². The van der Waals surface area contributed by atoms with Crippen LogP contribution in [-0.2, 0) is 15.1 Å². The number of nitrogens with one attached hydrogen (secondary N) is 4. The molecule has 0 aromatic heterocycles. The van der Waals surface area contributed by atoms with Crippen molar-refractivity contribution in [2.24, 2.45) is 0 Å². The van der Waals surface area contributed by atoms with Crippen LogP contribution in [0.25, 0.3) is 0 Å². The highest BCUT2D eigenvalue weighted by molar-refractivity contribution is 6.07. The smallest absolute Gasteiger partial charge is 0.322 e. The summed E-state index contributed by atoms with van der Waals surface area (Å²) in [5.41, 5.74) is 0.361. The summed E-state index contributed by atoms with van der Waals surface area (Å²) in [5.74, 6) is -0.986. The van der Waals surface area contributed by atoms with E-state index in [1.165, 1.54) is 0 Å². The molecule has 2 aromatic rings. The predicted octanol–water partition coefficient (Wildman–Crippen LogP) is 1.89. The Bertz CT molecular complexity index is 960. The summed E-state index contributed by atoms with van der Waals surface area (Å²) >= 11 is 0. The van der Waals surface area contributed by atoms with Crippen molar-refractivity contribution >= 4 is 29.4 Å². The minimum Gasteiger partial charge on any atom is -0.349 e. The van der Waals surface area contributed by atoms with E-state index in [9.17, 15) is 19.2 Å². The van der Waals surface area contributed by atoms with Gasteiger partial charge in [0.1, 0.15) is 5.54 Å². The number of imide groups is 1. The van der Waals surface area contributed by atoms with Gasteiger partial charge in [0, 0.05) is 23.7 Å². The van der Waals surface area contributed by atoms with Crippen LogP contribution in [-0.4, -0.2) is 29.8 Å². The molecular weight excluding hydrogens is 372 g/mol. The molecule has 0 bridgehead atoms. The number of benzene rings is 2. The van der Waals surface area contributed by atoms with E-state index >= 15 is 0 Å². The third-order valence-corrected chi connectivity index (χ3v) is 4.67. The van der Waals surface area contributed by atoms with Crippen LogP contribution in [0.1, 0.15) is 36.2 Å². The van der Waals surface area contributed by atoms with Crippen LogP contribution in [0.5, 0.6) is 0 Å². The van der Waals surface area contributed by atoms with Crippen LogP contribution in [0.4, 0.5) is 10.5 Å². The third kappa shape index (κ3) is 4.60. The summed E-state index contributed by atoms with van der Waals surface area (Å²) in [6.45, 7) is 3.34. The largest absolute Gasteiger partial charge is 0.349 e. The number of urea groups is 1. The fourth-order valence-electron chi connectivity index (χ4n) is 3.09. The SMILES string of the molecule is C[C@@H](CC(=O)Nc1cccc([C@@]2(C)NC(=O)NC2=O)c1)NC(=O)c1ccccc1. The van der Waals surface area contributed by atoms with Gasteiger partial charge in [-0.1, -0.05) is 30.3 Å². The van der Waals surface area contributed by atoms with E-state index in [4.69, 9.17) is 0 Å². The molecule has 3 rings (SSSR count). The van der Waals surface area contributed by atoms with Gasteiger partial charge in [0.25, 0.3) is 11.8 Å². The lowest BCUT2D eigenvalue weighted by Crippen LogP contribution is -2.40. The van der Waals surface area contributed by atoms with Crippen LogP contribution in [0.15, 0.2) is 54.6 Å². The fraction of sp³-hybridized carbons (Fsp3) is 0.238. The predicted molar refractivity (Wildman–Crippen MR) is 107 cm³/mol.